The fourth-order valence-corrected chi connectivity index (χ4v) is 1.98. The van der Waals surface area contributed by atoms with E-state index in [9.17, 15) is 10.1 Å². The van der Waals surface area contributed by atoms with Gasteiger partial charge in [-0.1, -0.05) is 26.0 Å². The van der Waals surface area contributed by atoms with Crippen LogP contribution in [0.3, 0.4) is 0 Å². The van der Waals surface area contributed by atoms with Gasteiger partial charge in [0.25, 0.3) is 5.88 Å². The summed E-state index contributed by atoms with van der Waals surface area (Å²) in [5.41, 5.74) is 1.00. The smallest absolute Gasteiger partial charge is 0.332 e. The zero-order chi connectivity index (χ0) is 14.7. The van der Waals surface area contributed by atoms with Gasteiger partial charge in [0.15, 0.2) is 0 Å². The number of nitrogens with zero attached hydrogens (tertiary/aromatic N) is 2. The first-order chi connectivity index (χ1) is 9.47. The van der Waals surface area contributed by atoms with Gasteiger partial charge >= 0.3 is 5.69 Å². The molecule has 5 nitrogen and oxygen atoms in total. The Morgan fingerprint density at radius 2 is 1.95 bits per heavy atom. The molecular formula is C14H13BrN2O3. The Kier molecular flexibility index (Phi) is 4.34. The van der Waals surface area contributed by atoms with Crippen molar-refractivity contribution in [2.75, 3.05) is 0 Å². The molecule has 1 heterocycles. The molecule has 0 atom stereocenters. The summed E-state index contributed by atoms with van der Waals surface area (Å²) < 4.78 is 6.02. The number of hydrogen-bond acceptors (Lipinski definition) is 4. The fourth-order valence-electron chi connectivity index (χ4n) is 1.66. The maximum atomic E-state index is 11.0. The Morgan fingerprint density at radius 1 is 1.30 bits per heavy atom. The molecule has 0 aliphatic heterocycles. The molecule has 2 rings (SSSR count). The highest BCUT2D eigenvalue weighted by Gasteiger charge is 2.18. The van der Waals surface area contributed by atoms with Gasteiger partial charge in [-0.05, 0) is 39.5 Å². The molecular weight excluding hydrogens is 324 g/mol. The van der Waals surface area contributed by atoms with Crippen molar-refractivity contribution in [1.29, 1.82) is 0 Å². The van der Waals surface area contributed by atoms with E-state index in [1.165, 1.54) is 17.8 Å². The van der Waals surface area contributed by atoms with E-state index in [0.29, 0.717) is 16.1 Å². The van der Waals surface area contributed by atoms with Crippen molar-refractivity contribution in [3.8, 4) is 11.6 Å². The number of hydrogen-bond donors (Lipinski definition) is 0. The van der Waals surface area contributed by atoms with E-state index in [1.807, 2.05) is 12.1 Å². The average Bonchev–Trinajstić information content (AvgIpc) is 2.41. The van der Waals surface area contributed by atoms with Gasteiger partial charge in [-0.15, -0.1) is 0 Å². The highest BCUT2D eigenvalue weighted by Crippen LogP contribution is 2.31. The van der Waals surface area contributed by atoms with Crippen molar-refractivity contribution in [3.05, 3.63) is 56.7 Å². The van der Waals surface area contributed by atoms with Gasteiger partial charge in [0.05, 0.1) is 4.92 Å². The van der Waals surface area contributed by atoms with E-state index in [2.05, 4.69) is 34.8 Å². The summed E-state index contributed by atoms with van der Waals surface area (Å²) >= 11 is 3.15. The van der Waals surface area contributed by atoms with E-state index in [1.54, 1.807) is 12.1 Å². The minimum absolute atomic E-state index is 0.0181. The first-order valence-corrected chi connectivity index (χ1v) is 6.84. The Morgan fingerprint density at radius 3 is 2.50 bits per heavy atom. The van der Waals surface area contributed by atoms with Crippen molar-refractivity contribution in [2.24, 2.45) is 0 Å². The number of nitro groups is 1. The third-order valence-electron chi connectivity index (χ3n) is 2.76. The second kappa shape index (κ2) is 6.00. The molecule has 0 spiro atoms. The third kappa shape index (κ3) is 3.33. The molecule has 2 aromatic rings. The van der Waals surface area contributed by atoms with Crippen LogP contribution in [0.4, 0.5) is 5.69 Å². The summed E-state index contributed by atoms with van der Waals surface area (Å²) in [6, 6.07) is 8.80. The summed E-state index contributed by atoms with van der Waals surface area (Å²) in [6.45, 7) is 4.19. The monoisotopic (exact) mass is 336 g/mol. The molecule has 0 aliphatic carbocycles. The zero-order valence-corrected chi connectivity index (χ0v) is 12.6. The lowest BCUT2D eigenvalue weighted by atomic mass is 10.0. The van der Waals surface area contributed by atoms with Gasteiger partial charge in [0.2, 0.25) is 0 Å². The summed E-state index contributed by atoms with van der Waals surface area (Å²) in [5.74, 6) is 0.923. The largest absolute Gasteiger partial charge is 0.434 e. The molecule has 1 aromatic carbocycles. The first-order valence-electron chi connectivity index (χ1n) is 6.05. The number of benzene rings is 1. The van der Waals surface area contributed by atoms with Gasteiger partial charge in [0.1, 0.15) is 5.75 Å². The second-order valence-corrected chi connectivity index (χ2v) is 5.48. The lowest BCUT2D eigenvalue weighted by Crippen LogP contribution is -1.96. The fraction of sp³-hybridized carbons (Fsp3) is 0.214. The Hall–Kier alpha value is -1.95. The standard InChI is InChI=1S/C14H13BrN2O3/c1-9(2)10-3-5-12(6-4-10)20-14-13(17(18)19)7-11(15)8-16-14/h3-9H,1-2H3. The minimum atomic E-state index is -0.518. The predicted molar refractivity (Wildman–Crippen MR) is 79.2 cm³/mol. The maximum Gasteiger partial charge on any atom is 0.332 e. The normalized spacial score (nSPS) is 10.6. The Bertz CT molecular complexity index is 627. The molecule has 1 aromatic heterocycles. The number of rotatable bonds is 4. The molecule has 0 amide bonds. The molecule has 0 radical (unpaired) electrons. The van der Waals surface area contributed by atoms with Crippen LogP contribution in [0.1, 0.15) is 25.3 Å². The van der Waals surface area contributed by atoms with Crippen LogP contribution in [0.15, 0.2) is 41.0 Å². The molecule has 0 saturated heterocycles. The topological polar surface area (TPSA) is 65.3 Å². The van der Waals surface area contributed by atoms with Gasteiger partial charge in [-0.2, -0.15) is 0 Å². The molecule has 104 valence electrons. The highest BCUT2D eigenvalue weighted by atomic mass is 79.9. The number of aromatic nitrogens is 1. The maximum absolute atomic E-state index is 11.0. The first kappa shape index (κ1) is 14.5. The minimum Gasteiger partial charge on any atom is -0.434 e. The van der Waals surface area contributed by atoms with Crippen LogP contribution < -0.4 is 4.74 Å². The Labute approximate surface area is 124 Å². The van der Waals surface area contributed by atoms with Crippen molar-refractivity contribution < 1.29 is 9.66 Å². The zero-order valence-electron chi connectivity index (χ0n) is 11.0. The van der Waals surface area contributed by atoms with Crippen LogP contribution in [0.25, 0.3) is 0 Å². The van der Waals surface area contributed by atoms with Gasteiger partial charge in [-0.25, -0.2) is 4.98 Å². The molecule has 0 N–H and O–H groups in total. The Balaban J connectivity index is 2.28. The van der Waals surface area contributed by atoms with Crippen LogP contribution in [0, 0.1) is 10.1 Å². The molecule has 6 heteroatoms. The van der Waals surface area contributed by atoms with E-state index in [0.717, 1.165) is 0 Å². The number of ether oxygens (including phenoxy) is 1. The van der Waals surface area contributed by atoms with Crippen molar-refractivity contribution in [3.63, 3.8) is 0 Å². The van der Waals surface area contributed by atoms with Crippen molar-refractivity contribution in [2.45, 2.75) is 19.8 Å². The summed E-state index contributed by atoms with van der Waals surface area (Å²) in [7, 11) is 0. The average molecular weight is 337 g/mol. The SMILES string of the molecule is CC(C)c1ccc(Oc2ncc(Br)cc2[N+](=O)[O-])cc1. The van der Waals surface area contributed by atoms with E-state index < -0.39 is 4.92 Å². The predicted octanol–water partition coefficient (Wildman–Crippen LogP) is 4.67. The van der Waals surface area contributed by atoms with Crippen LogP contribution in [-0.2, 0) is 0 Å². The number of pyridine rings is 1. The van der Waals surface area contributed by atoms with Crippen LogP contribution >= 0.6 is 15.9 Å². The summed E-state index contributed by atoms with van der Waals surface area (Å²) in [5, 5.41) is 11.0. The molecule has 0 saturated carbocycles. The van der Waals surface area contributed by atoms with Gasteiger partial charge in [0, 0.05) is 16.7 Å². The van der Waals surface area contributed by atoms with Gasteiger partial charge < -0.3 is 4.74 Å². The lowest BCUT2D eigenvalue weighted by molar-refractivity contribution is -0.386. The molecule has 0 fully saturated rings. The van der Waals surface area contributed by atoms with E-state index >= 15 is 0 Å². The summed E-state index contributed by atoms with van der Waals surface area (Å²) in [4.78, 5) is 14.4. The van der Waals surface area contributed by atoms with Gasteiger partial charge in [-0.3, -0.25) is 10.1 Å². The molecule has 20 heavy (non-hydrogen) atoms. The molecule has 0 aliphatic rings. The number of halogens is 1. The summed E-state index contributed by atoms with van der Waals surface area (Å²) in [6.07, 6.45) is 1.46. The third-order valence-corrected chi connectivity index (χ3v) is 3.19. The van der Waals surface area contributed by atoms with Crippen molar-refractivity contribution >= 4 is 21.6 Å². The van der Waals surface area contributed by atoms with Crippen LogP contribution in [-0.4, -0.2) is 9.91 Å². The van der Waals surface area contributed by atoms with Crippen LogP contribution in [0.5, 0.6) is 11.6 Å². The second-order valence-electron chi connectivity index (χ2n) is 4.56. The van der Waals surface area contributed by atoms with E-state index in [4.69, 9.17) is 4.74 Å². The van der Waals surface area contributed by atoms with Crippen molar-refractivity contribution in [1.82, 2.24) is 4.98 Å². The van der Waals surface area contributed by atoms with E-state index in [-0.39, 0.29) is 11.6 Å². The quantitative estimate of drug-likeness (QED) is 0.601. The van der Waals surface area contributed by atoms with Crippen LogP contribution in [0.2, 0.25) is 0 Å². The molecule has 0 unspecified atom stereocenters. The highest BCUT2D eigenvalue weighted by molar-refractivity contribution is 9.10. The molecule has 0 bridgehead atoms. The lowest BCUT2D eigenvalue weighted by Gasteiger charge is -2.08.